The highest BCUT2D eigenvalue weighted by Crippen LogP contribution is 2.07. The molecule has 1 saturated heterocycles. The van der Waals surface area contributed by atoms with Gasteiger partial charge < -0.3 is 15.0 Å². The second kappa shape index (κ2) is 8.86. The van der Waals surface area contributed by atoms with Gasteiger partial charge in [0.1, 0.15) is 0 Å². The van der Waals surface area contributed by atoms with E-state index in [2.05, 4.69) is 29.1 Å². The van der Waals surface area contributed by atoms with Gasteiger partial charge in [0.25, 0.3) is 0 Å². The quantitative estimate of drug-likeness (QED) is 0.677. The zero-order chi connectivity index (χ0) is 12.5. The monoisotopic (exact) mass is 243 g/mol. The number of hydrogen-bond acceptors (Lipinski definition) is 4. The first-order chi connectivity index (χ1) is 8.26. The molecule has 4 heteroatoms. The normalized spacial score (nSPS) is 22.2. The smallest absolute Gasteiger partial charge is 0.0714 e. The molecule has 0 amide bonds. The Balaban J connectivity index is 2.15. The van der Waals surface area contributed by atoms with Gasteiger partial charge in [-0.05, 0) is 40.0 Å². The van der Waals surface area contributed by atoms with Gasteiger partial charge in [0.2, 0.25) is 0 Å². The molecule has 17 heavy (non-hydrogen) atoms. The van der Waals surface area contributed by atoms with Gasteiger partial charge in [-0.2, -0.15) is 0 Å². The van der Waals surface area contributed by atoms with E-state index >= 15 is 0 Å². The topological polar surface area (TPSA) is 27.7 Å². The lowest BCUT2D eigenvalue weighted by Crippen LogP contribution is -2.45. The Bertz CT molecular complexity index is 190. The Morgan fingerprint density at radius 3 is 2.94 bits per heavy atom. The van der Waals surface area contributed by atoms with Crippen molar-refractivity contribution in [1.82, 2.24) is 15.1 Å². The van der Waals surface area contributed by atoms with Gasteiger partial charge in [-0.25, -0.2) is 0 Å². The van der Waals surface area contributed by atoms with Crippen LogP contribution in [-0.2, 0) is 4.74 Å². The van der Waals surface area contributed by atoms with E-state index in [4.69, 9.17) is 4.74 Å². The lowest BCUT2D eigenvalue weighted by Gasteiger charge is -2.33. The minimum Gasteiger partial charge on any atom is -0.376 e. The number of rotatable bonds is 8. The van der Waals surface area contributed by atoms with Crippen molar-refractivity contribution >= 4 is 0 Å². The number of nitrogens with one attached hydrogen (secondary N) is 1. The van der Waals surface area contributed by atoms with Crippen LogP contribution in [0.1, 0.15) is 19.8 Å². The van der Waals surface area contributed by atoms with E-state index in [1.165, 1.54) is 26.1 Å². The Morgan fingerprint density at radius 2 is 2.24 bits per heavy atom. The van der Waals surface area contributed by atoms with Gasteiger partial charge in [-0.3, -0.25) is 4.90 Å². The summed E-state index contributed by atoms with van der Waals surface area (Å²) in [6.07, 6.45) is 2.79. The molecule has 0 aliphatic carbocycles. The lowest BCUT2D eigenvalue weighted by atomic mass is 10.2. The van der Waals surface area contributed by atoms with Crippen LogP contribution in [0.3, 0.4) is 0 Å². The molecule has 0 bridgehead atoms. The molecule has 0 aromatic heterocycles. The Kier molecular flexibility index (Phi) is 7.77. The molecule has 1 atom stereocenters. The van der Waals surface area contributed by atoms with Crippen molar-refractivity contribution in [2.45, 2.75) is 25.9 Å². The standard InChI is InChI=1S/C13H29N3O/c1-4-7-15(3)8-9-16-10-11-17-13(12-16)5-6-14-2/h13-14H,4-12H2,1-3H3/t13-/m0/s1. The molecule has 0 unspecified atom stereocenters. The molecule has 0 aromatic carbocycles. The molecule has 1 rings (SSSR count). The molecule has 1 fully saturated rings. The van der Waals surface area contributed by atoms with Gasteiger partial charge in [-0.1, -0.05) is 6.92 Å². The summed E-state index contributed by atoms with van der Waals surface area (Å²) in [4.78, 5) is 4.95. The third-order valence-corrected chi connectivity index (χ3v) is 3.34. The molecule has 1 aliphatic rings. The van der Waals surface area contributed by atoms with Crippen LogP contribution >= 0.6 is 0 Å². The van der Waals surface area contributed by atoms with Crippen LogP contribution in [-0.4, -0.2) is 75.9 Å². The first-order valence-corrected chi connectivity index (χ1v) is 6.93. The third-order valence-electron chi connectivity index (χ3n) is 3.34. The van der Waals surface area contributed by atoms with Crippen molar-refractivity contribution in [3.05, 3.63) is 0 Å². The molecular weight excluding hydrogens is 214 g/mol. The van der Waals surface area contributed by atoms with Gasteiger partial charge in [0.05, 0.1) is 12.7 Å². The SMILES string of the molecule is CCCN(C)CCN1CCO[C@@H](CCNC)C1. The molecule has 102 valence electrons. The summed E-state index contributed by atoms with van der Waals surface area (Å²) < 4.78 is 5.77. The van der Waals surface area contributed by atoms with Crippen LogP contribution in [0.25, 0.3) is 0 Å². The predicted octanol–water partition coefficient (Wildman–Crippen LogP) is 0.639. The van der Waals surface area contributed by atoms with Crippen molar-refractivity contribution in [3.8, 4) is 0 Å². The average molecular weight is 243 g/mol. The third kappa shape index (κ3) is 6.36. The van der Waals surface area contributed by atoms with Crippen molar-refractivity contribution < 1.29 is 4.74 Å². The molecule has 4 nitrogen and oxygen atoms in total. The van der Waals surface area contributed by atoms with Crippen LogP contribution in [0.2, 0.25) is 0 Å². The summed E-state index contributed by atoms with van der Waals surface area (Å²) >= 11 is 0. The van der Waals surface area contributed by atoms with Gasteiger partial charge >= 0.3 is 0 Å². The summed E-state index contributed by atoms with van der Waals surface area (Å²) in [5.74, 6) is 0. The number of morpholine rings is 1. The Morgan fingerprint density at radius 1 is 1.41 bits per heavy atom. The van der Waals surface area contributed by atoms with E-state index in [1.54, 1.807) is 0 Å². The fourth-order valence-electron chi connectivity index (χ4n) is 2.27. The molecule has 1 N–H and O–H groups in total. The van der Waals surface area contributed by atoms with Gasteiger partial charge in [0, 0.05) is 26.2 Å². The minimum atomic E-state index is 0.424. The maximum Gasteiger partial charge on any atom is 0.0714 e. The highest BCUT2D eigenvalue weighted by molar-refractivity contribution is 4.72. The van der Waals surface area contributed by atoms with E-state index in [0.29, 0.717) is 6.10 Å². The maximum atomic E-state index is 5.77. The molecule has 0 saturated carbocycles. The highest BCUT2D eigenvalue weighted by atomic mass is 16.5. The highest BCUT2D eigenvalue weighted by Gasteiger charge is 2.19. The van der Waals surface area contributed by atoms with E-state index in [1.807, 2.05) is 7.05 Å². The number of ether oxygens (including phenoxy) is 1. The molecule has 1 aliphatic heterocycles. The summed E-state index contributed by atoms with van der Waals surface area (Å²) in [7, 11) is 4.21. The first-order valence-electron chi connectivity index (χ1n) is 6.93. The lowest BCUT2D eigenvalue weighted by molar-refractivity contribution is -0.0329. The second-order valence-electron chi connectivity index (χ2n) is 4.99. The van der Waals surface area contributed by atoms with Crippen molar-refractivity contribution in [2.24, 2.45) is 0 Å². The molecule has 0 spiro atoms. The maximum absolute atomic E-state index is 5.77. The Hall–Kier alpha value is -0.160. The molecular formula is C13H29N3O. The summed E-state index contributed by atoms with van der Waals surface area (Å²) in [6.45, 7) is 9.92. The summed E-state index contributed by atoms with van der Waals surface area (Å²) in [6, 6.07) is 0. The zero-order valence-corrected chi connectivity index (χ0v) is 11.7. The van der Waals surface area contributed by atoms with E-state index < -0.39 is 0 Å². The van der Waals surface area contributed by atoms with Crippen LogP contribution in [0.5, 0.6) is 0 Å². The van der Waals surface area contributed by atoms with Crippen molar-refractivity contribution in [2.75, 3.05) is 60.0 Å². The van der Waals surface area contributed by atoms with Gasteiger partial charge in [-0.15, -0.1) is 0 Å². The first kappa shape index (κ1) is 14.9. The minimum absolute atomic E-state index is 0.424. The van der Waals surface area contributed by atoms with E-state index in [9.17, 15) is 0 Å². The molecule has 0 radical (unpaired) electrons. The Labute approximate surface area is 106 Å². The van der Waals surface area contributed by atoms with Gasteiger partial charge in [0.15, 0.2) is 0 Å². The van der Waals surface area contributed by atoms with Crippen molar-refractivity contribution in [3.63, 3.8) is 0 Å². The van der Waals surface area contributed by atoms with Crippen molar-refractivity contribution in [1.29, 1.82) is 0 Å². The zero-order valence-electron chi connectivity index (χ0n) is 11.7. The fourth-order valence-corrected chi connectivity index (χ4v) is 2.27. The van der Waals surface area contributed by atoms with Crippen LogP contribution in [0.4, 0.5) is 0 Å². The fraction of sp³-hybridized carbons (Fsp3) is 1.00. The second-order valence-corrected chi connectivity index (χ2v) is 4.99. The average Bonchev–Trinajstić information content (AvgIpc) is 2.35. The van der Waals surface area contributed by atoms with E-state index in [-0.39, 0.29) is 0 Å². The van der Waals surface area contributed by atoms with Crippen LogP contribution in [0.15, 0.2) is 0 Å². The van der Waals surface area contributed by atoms with E-state index in [0.717, 1.165) is 32.7 Å². The summed E-state index contributed by atoms with van der Waals surface area (Å²) in [5, 5.41) is 3.19. The largest absolute Gasteiger partial charge is 0.376 e. The molecule has 0 aromatic rings. The number of hydrogen-bond donors (Lipinski definition) is 1. The van der Waals surface area contributed by atoms with Crippen LogP contribution in [0, 0.1) is 0 Å². The van der Waals surface area contributed by atoms with Crippen LogP contribution < -0.4 is 5.32 Å². The number of nitrogens with zero attached hydrogens (tertiary/aromatic N) is 2. The summed E-state index contributed by atoms with van der Waals surface area (Å²) in [5.41, 5.74) is 0. The predicted molar refractivity (Wildman–Crippen MR) is 72.5 cm³/mol. The molecule has 1 heterocycles. The number of likely N-dealkylation sites (N-methyl/N-ethyl adjacent to an activating group) is 1.